The van der Waals surface area contributed by atoms with Crippen LogP contribution in [0.5, 0.6) is 5.75 Å². The Kier molecular flexibility index (Phi) is 4.53. The third-order valence-corrected chi connectivity index (χ3v) is 6.66. The molecule has 7 nitrogen and oxygen atoms in total. The van der Waals surface area contributed by atoms with E-state index in [1.807, 2.05) is 36.4 Å². The van der Waals surface area contributed by atoms with Crippen LogP contribution in [-0.4, -0.2) is 21.7 Å². The predicted octanol–water partition coefficient (Wildman–Crippen LogP) is 5.39. The molecule has 0 amide bonds. The number of carbonyl (C=O) groups is 1. The Hall–Kier alpha value is -4.13. The largest absolute Gasteiger partial charge is 0.478 e. The molecule has 33 heavy (non-hydrogen) atoms. The number of rotatable bonds is 4. The van der Waals surface area contributed by atoms with E-state index in [-0.39, 0.29) is 11.3 Å². The molecular weight excluding hydrogens is 420 g/mol. The molecule has 3 aromatic carbocycles. The van der Waals surface area contributed by atoms with Gasteiger partial charge in [0.2, 0.25) is 5.72 Å². The molecule has 3 aromatic rings. The third kappa shape index (κ3) is 3.08. The standard InChI is InChI=1S/C26H22N2O5/c1-25(2)21-5-3-4-6-22(21)27(16-17-7-9-18(10-8-17)24(29)30)26(25)14-13-19-15-20(28(31)32)11-12-23(19)33-26/h3-15H,16H2,1-2H3,(H,29,30). The second kappa shape index (κ2) is 7.20. The molecule has 7 heteroatoms. The van der Waals surface area contributed by atoms with Crippen LogP contribution in [0.3, 0.4) is 0 Å². The minimum atomic E-state index is -0.963. The van der Waals surface area contributed by atoms with E-state index >= 15 is 0 Å². The highest BCUT2D eigenvalue weighted by molar-refractivity contribution is 5.87. The minimum absolute atomic E-state index is 0.0160. The maximum absolute atomic E-state index is 11.2. The van der Waals surface area contributed by atoms with E-state index in [2.05, 4.69) is 30.9 Å². The molecule has 0 saturated heterocycles. The molecule has 2 heterocycles. The van der Waals surface area contributed by atoms with Gasteiger partial charge in [0.05, 0.1) is 15.9 Å². The fourth-order valence-corrected chi connectivity index (χ4v) is 4.84. The summed E-state index contributed by atoms with van der Waals surface area (Å²) in [5, 5.41) is 20.4. The van der Waals surface area contributed by atoms with Gasteiger partial charge in [-0.3, -0.25) is 10.1 Å². The Morgan fingerprint density at radius 2 is 1.82 bits per heavy atom. The van der Waals surface area contributed by atoms with Crippen molar-refractivity contribution in [2.45, 2.75) is 31.5 Å². The molecule has 0 aliphatic carbocycles. The van der Waals surface area contributed by atoms with E-state index in [1.165, 1.54) is 12.1 Å². The van der Waals surface area contributed by atoms with Gasteiger partial charge in [0, 0.05) is 29.9 Å². The lowest BCUT2D eigenvalue weighted by Gasteiger charge is -2.47. The zero-order valence-corrected chi connectivity index (χ0v) is 18.2. The highest BCUT2D eigenvalue weighted by Crippen LogP contribution is 2.55. The average Bonchev–Trinajstić information content (AvgIpc) is 2.98. The molecular formula is C26H22N2O5. The van der Waals surface area contributed by atoms with Crippen molar-refractivity contribution in [1.82, 2.24) is 0 Å². The van der Waals surface area contributed by atoms with Crippen molar-refractivity contribution < 1.29 is 19.6 Å². The van der Waals surface area contributed by atoms with Crippen LogP contribution >= 0.6 is 0 Å². The number of nitro groups is 1. The quantitative estimate of drug-likeness (QED) is 0.430. The Morgan fingerprint density at radius 1 is 1.09 bits per heavy atom. The van der Waals surface area contributed by atoms with Crippen molar-refractivity contribution in [3.63, 3.8) is 0 Å². The lowest BCUT2D eigenvalue weighted by molar-refractivity contribution is -0.384. The SMILES string of the molecule is CC1(C)c2ccccc2N(Cc2ccc(C(=O)O)cc2)C12C=Cc1cc([N+](=O)[O-])ccc1O2. The van der Waals surface area contributed by atoms with Crippen LogP contribution in [0.15, 0.2) is 72.8 Å². The molecule has 0 bridgehead atoms. The second-order valence-electron chi connectivity index (χ2n) is 8.84. The summed E-state index contributed by atoms with van der Waals surface area (Å²) >= 11 is 0. The number of anilines is 1. The number of benzene rings is 3. The maximum Gasteiger partial charge on any atom is 0.335 e. The van der Waals surface area contributed by atoms with Gasteiger partial charge in [0.25, 0.3) is 5.69 Å². The van der Waals surface area contributed by atoms with Crippen molar-refractivity contribution in [2.75, 3.05) is 4.90 Å². The number of aromatic carboxylic acids is 1. The summed E-state index contributed by atoms with van der Waals surface area (Å²) < 4.78 is 6.68. The number of hydrogen-bond donors (Lipinski definition) is 1. The number of carboxylic acid groups (broad SMARTS) is 1. The predicted molar refractivity (Wildman–Crippen MR) is 125 cm³/mol. The van der Waals surface area contributed by atoms with E-state index in [0.717, 1.165) is 16.8 Å². The zero-order chi connectivity index (χ0) is 23.4. The van der Waals surface area contributed by atoms with Crippen LogP contribution in [0, 0.1) is 10.1 Å². The fourth-order valence-electron chi connectivity index (χ4n) is 4.84. The van der Waals surface area contributed by atoms with Gasteiger partial charge in [-0.2, -0.15) is 0 Å². The van der Waals surface area contributed by atoms with Gasteiger partial charge in [-0.25, -0.2) is 4.79 Å². The van der Waals surface area contributed by atoms with Crippen LogP contribution in [0.2, 0.25) is 0 Å². The molecule has 0 saturated carbocycles. The monoisotopic (exact) mass is 442 g/mol. The first-order valence-electron chi connectivity index (χ1n) is 10.6. The van der Waals surface area contributed by atoms with E-state index < -0.39 is 22.0 Å². The second-order valence-corrected chi connectivity index (χ2v) is 8.84. The van der Waals surface area contributed by atoms with Crippen LogP contribution in [0.25, 0.3) is 6.08 Å². The van der Waals surface area contributed by atoms with Crippen molar-refractivity contribution in [2.24, 2.45) is 0 Å². The molecule has 166 valence electrons. The van der Waals surface area contributed by atoms with Gasteiger partial charge in [0.1, 0.15) is 5.75 Å². The highest BCUT2D eigenvalue weighted by atomic mass is 16.6. The Balaban J connectivity index is 1.61. The number of nitrogens with zero attached hydrogens (tertiary/aromatic N) is 2. The van der Waals surface area contributed by atoms with Crippen LogP contribution in [-0.2, 0) is 12.0 Å². The number of ether oxygens (including phenoxy) is 1. The molecule has 1 unspecified atom stereocenters. The third-order valence-electron chi connectivity index (χ3n) is 6.66. The van der Waals surface area contributed by atoms with E-state index in [9.17, 15) is 20.0 Å². The number of non-ortho nitro benzene ring substituents is 1. The summed E-state index contributed by atoms with van der Waals surface area (Å²) in [6.07, 6.45) is 3.87. The molecule has 2 aliphatic rings. The summed E-state index contributed by atoms with van der Waals surface area (Å²) in [6.45, 7) is 4.74. The lowest BCUT2D eigenvalue weighted by Crippen LogP contribution is -2.59. The van der Waals surface area contributed by atoms with Crippen molar-refractivity contribution in [1.29, 1.82) is 0 Å². The molecule has 0 fully saturated rings. The average molecular weight is 442 g/mol. The molecule has 1 spiro atoms. The normalized spacial score (nSPS) is 19.6. The summed E-state index contributed by atoms with van der Waals surface area (Å²) in [5.74, 6) is -0.384. The molecule has 1 N–H and O–H groups in total. The Bertz CT molecular complexity index is 1310. The van der Waals surface area contributed by atoms with E-state index in [0.29, 0.717) is 17.9 Å². The Morgan fingerprint density at radius 3 is 2.52 bits per heavy atom. The van der Waals surface area contributed by atoms with Crippen LogP contribution in [0.1, 0.15) is 40.9 Å². The van der Waals surface area contributed by atoms with Gasteiger partial charge in [-0.15, -0.1) is 0 Å². The first-order valence-corrected chi connectivity index (χ1v) is 10.6. The van der Waals surface area contributed by atoms with E-state index in [1.54, 1.807) is 18.2 Å². The van der Waals surface area contributed by atoms with Gasteiger partial charge < -0.3 is 14.7 Å². The molecule has 1 atom stereocenters. The number of para-hydroxylation sites is 1. The number of fused-ring (bicyclic) bond motifs is 2. The minimum Gasteiger partial charge on any atom is -0.478 e. The van der Waals surface area contributed by atoms with Crippen molar-refractivity contribution in [3.05, 3.63) is 105 Å². The summed E-state index contributed by atoms with van der Waals surface area (Å²) in [7, 11) is 0. The number of nitro benzene ring substituents is 1. The van der Waals surface area contributed by atoms with E-state index in [4.69, 9.17) is 4.74 Å². The van der Waals surface area contributed by atoms with Crippen molar-refractivity contribution >= 4 is 23.4 Å². The topological polar surface area (TPSA) is 92.9 Å². The lowest BCUT2D eigenvalue weighted by atomic mass is 9.76. The fraction of sp³-hybridized carbons (Fsp3) is 0.192. The molecule has 2 aliphatic heterocycles. The summed E-state index contributed by atoms with van der Waals surface area (Å²) in [6, 6.07) is 19.6. The molecule has 0 aromatic heterocycles. The van der Waals surface area contributed by atoms with Crippen LogP contribution in [0.4, 0.5) is 11.4 Å². The van der Waals surface area contributed by atoms with Crippen molar-refractivity contribution in [3.8, 4) is 5.75 Å². The van der Waals surface area contributed by atoms with Gasteiger partial charge in [-0.1, -0.05) is 30.3 Å². The number of carboxylic acids is 1. The maximum atomic E-state index is 11.2. The van der Waals surface area contributed by atoms with Gasteiger partial charge in [-0.05, 0) is 61.4 Å². The smallest absolute Gasteiger partial charge is 0.335 e. The first kappa shape index (κ1) is 20.8. The van der Waals surface area contributed by atoms with Gasteiger partial charge in [0.15, 0.2) is 0 Å². The zero-order valence-electron chi connectivity index (χ0n) is 18.2. The number of hydrogen-bond acceptors (Lipinski definition) is 5. The van der Waals surface area contributed by atoms with Crippen LogP contribution < -0.4 is 9.64 Å². The molecule has 5 rings (SSSR count). The summed E-state index contributed by atoms with van der Waals surface area (Å²) in [4.78, 5) is 24.2. The molecule has 0 radical (unpaired) electrons. The highest BCUT2D eigenvalue weighted by Gasteiger charge is 2.58. The van der Waals surface area contributed by atoms with Gasteiger partial charge >= 0.3 is 5.97 Å². The summed E-state index contributed by atoms with van der Waals surface area (Å²) in [5.41, 5.74) is 2.70. The first-order chi connectivity index (χ1) is 15.7. The Labute approximate surface area is 190 Å².